The summed E-state index contributed by atoms with van der Waals surface area (Å²) in [4.78, 5) is 0. The number of rotatable bonds is 8. The molecule has 2 fully saturated rings. The molecule has 0 atom stereocenters. The van der Waals surface area contributed by atoms with Crippen molar-refractivity contribution in [3.05, 3.63) is 59.4 Å². The highest BCUT2D eigenvalue weighted by atomic mass is 19.3. The standard InChI is InChI=1S/C28H33F5O2/c1-2-18-3-5-19(6-4-18)20-7-9-21(10-8-20)22-11-13-23(14-12-22)28(32,33)35-24-15-16-26(25(29)17-24)34-27(30)31/h11-21,27H,2-10H2,1H3. The van der Waals surface area contributed by atoms with Crippen LogP contribution in [-0.4, -0.2) is 6.61 Å². The summed E-state index contributed by atoms with van der Waals surface area (Å²) in [6.07, 6.45) is 7.57. The lowest BCUT2D eigenvalue weighted by atomic mass is 9.68. The number of alkyl halides is 4. The van der Waals surface area contributed by atoms with E-state index >= 15 is 0 Å². The van der Waals surface area contributed by atoms with Gasteiger partial charge in [0.2, 0.25) is 0 Å². The Hall–Kier alpha value is -2.31. The first-order valence-corrected chi connectivity index (χ1v) is 12.7. The van der Waals surface area contributed by atoms with Gasteiger partial charge in [-0.1, -0.05) is 38.3 Å². The molecule has 0 aliphatic heterocycles. The van der Waals surface area contributed by atoms with E-state index in [1.165, 1.54) is 57.1 Å². The molecule has 35 heavy (non-hydrogen) atoms. The highest BCUT2D eigenvalue weighted by Crippen LogP contribution is 2.44. The van der Waals surface area contributed by atoms with Gasteiger partial charge in [-0.3, -0.25) is 0 Å². The van der Waals surface area contributed by atoms with E-state index in [-0.39, 0.29) is 5.56 Å². The number of hydrogen-bond acceptors (Lipinski definition) is 2. The van der Waals surface area contributed by atoms with Gasteiger partial charge in [0.25, 0.3) is 0 Å². The summed E-state index contributed by atoms with van der Waals surface area (Å²) >= 11 is 0. The van der Waals surface area contributed by atoms with Crippen LogP contribution in [0.5, 0.6) is 11.5 Å². The van der Waals surface area contributed by atoms with Gasteiger partial charge in [-0.05, 0) is 92.0 Å². The van der Waals surface area contributed by atoms with Gasteiger partial charge in [0, 0.05) is 6.07 Å². The molecule has 0 radical (unpaired) electrons. The van der Waals surface area contributed by atoms with Crippen LogP contribution in [0, 0.1) is 23.6 Å². The predicted octanol–water partition coefficient (Wildman–Crippen LogP) is 9.05. The van der Waals surface area contributed by atoms with Gasteiger partial charge in [0.05, 0.1) is 5.56 Å². The van der Waals surface area contributed by atoms with Crippen LogP contribution in [0.3, 0.4) is 0 Å². The van der Waals surface area contributed by atoms with Gasteiger partial charge in [-0.15, -0.1) is 0 Å². The Morgan fingerprint density at radius 3 is 2.00 bits per heavy atom. The fourth-order valence-corrected chi connectivity index (χ4v) is 5.88. The third kappa shape index (κ3) is 6.47. The summed E-state index contributed by atoms with van der Waals surface area (Å²) in [5.41, 5.74) is 0.702. The highest BCUT2D eigenvalue weighted by Gasteiger charge is 2.36. The van der Waals surface area contributed by atoms with Crippen LogP contribution >= 0.6 is 0 Å². The van der Waals surface area contributed by atoms with Crippen molar-refractivity contribution in [3.8, 4) is 11.5 Å². The topological polar surface area (TPSA) is 18.5 Å². The van der Waals surface area contributed by atoms with Crippen LogP contribution in [0.1, 0.15) is 81.8 Å². The van der Waals surface area contributed by atoms with Crippen molar-refractivity contribution < 1.29 is 31.4 Å². The lowest BCUT2D eigenvalue weighted by Crippen LogP contribution is -2.25. The molecule has 0 heterocycles. The third-order valence-electron chi connectivity index (χ3n) is 7.99. The van der Waals surface area contributed by atoms with Gasteiger partial charge in [-0.2, -0.15) is 17.6 Å². The minimum atomic E-state index is -3.70. The Labute approximate surface area is 203 Å². The maximum atomic E-state index is 14.7. The fourth-order valence-electron chi connectivity index (χ4n) is 5.88. The zero-order valence-electron chi connectivity index (χ0n) is 20.0. The molecule has 7 heteroatoms. The Morgan fingerprint density at radius 2 is 1.46 bits per heavy atom. The van der Waals surface area contributed by atoms with Crippen molar-refractivity contribution in [2.45, 2.75) is 83.3 Å². The van der Waals surface area contributed by atoms with Crippen molar-refractivity contribution in [1.29, 1.82) is 0 Å². The molecule has 0 aromatic heterocycles. The predicted molar refractivity (Wildman–Crippen MR) is 124 cm³/mol. The van der Waals surface area contributed by atoms with Crippen molar-refractivity contribution in [1.82, 2.24) is 0 Å². The maximum Gasteiger partial charge on any atom is 0.426 e. The monoisotopic (exact) mass is 496 g/mol. The van der Waals surface area contributed by atoms with E-state index in [1.54, 1.807) is 12.1 Å². The molecule has 2 saturated carbocycles. The van der Waals surface area contributed by atoms with Gasteiger partial charge in [0.15, 0.2) is 11.6 Å². The van der Waals surface area contributed by atoms with Crippen LogP contribution in [0.2, 0.25) is 0 Å². The van der Waals surface area contributed by atoms with E-state index in [0.29, 0.717) is 12.0 Å². The van der Waals surface area contributed by atoms with E-state index in [1.807, 2.05) is 0 Å². The first-order valence-electron chi connectivity index (χ1n) is 12.7. The summed E-state index contributed by atoms with van der Waals surface area (Å²) in [5, 5.41) is 0. The molecule has 2 aromatic carbocycles. The van der Waals surface area contributed by atoms with E-state index in [2.05, 4.69) is 11.7 Å². The molecule has 0 N–H and O–H groups in total. The van der Waals surface area contributed by atoms with Crippen LogP contribution in [0.25, 0.3) is 0 Å². The van der Waals surface area contributed by atoms with Crippen molar-refractivity contribution >= 4 is 0 Å². The molecule has 2 nitrogen and oxygen atoms in total. The van der Waals surface area contributed by atoms with Crippen LogP contribution in [-0.2, 0) is 6.11 Å². The zero-order valence-corrected chi connectivity index (χ0v) is 20.0. The van der Waals surface area contributed by atoms with Crippen LogP contribution in [0.15, 0.2) is 42.5 Å². The normalized spacial score (nSPS) is 25.5. The second-order valence-electron chi connectivity index (χ2n) is 10.0. The first kappa shape index (κ1) is 25.8. The molecule has 2 aliphatic carbocycles. The van der Waals surface area contributed by atoms with Gasteiger partial charge in [-0.25, -0.2) is 4.39 Å². The summed E-state index contributed by atoms with van der Waals surface area (Å²) < 4.78 is 76.4. The van der Waals surface area contributed by atoms with Crippen molar-refractivity contribution in [2.75, 3.05) is 0 Å². The van der Waals surface area contributed by atoms with E-state index < -0.39 is 30.0 Å². The SMILES string of the molecule is CCC1CCC(C2CCC(c3ccc(C(F)(F)Oc4ccc(OC(F)F)c(F)c4)cc3)CC2)CC1. The minimum absolute atomic E-state index is 0.351. The molecule has 4 rings (SSSR count). The van der Waals surface area contributed by atoms with Crippen molar-refractivity contribution in [3.63, 3.8) is 0 Å². The third-order valence-corrected chi connectivity index (χ3v) is 7.99. The Kier molecular flexibility index (Phi) is 8.23. The fraction of sp³-hybridized carbons (Fsp3) is 0.571. The quantitative estimate of drug-likeness (QED) is 0.340. The van der Waals surface area contributed by atoms with Gasteiger partial charge in [0.1, 0.15) is 5.75 Å². The molecular formula is C28H33F5O2. The Morgan fingerprint density at radius 1 is 0.857 bits per heavy atom. The molecule has 0 bridgehead atoms. The number of halogens is 5. The van der Waals surface area contributed by atoms with Crippen molar-refractivity contribution in [2.24, 2.45) is 17.8 Å². The molecule has 0 amide bonds. The first-order chi connectivity index (χ1) is 16.7. The maximum absolute atomic E-state index is 14.7. The second kappa shape index (κ2) is 11.2. The molecule has 0 spiro atoms. The Bertz CT molecular complexity index is 946. The van der Waals surface area contributed by atoms with E-state index in [9.17, 15) is 22.0 Å². The summed E-state index contributed by atoms with van der Waals surface area (Å²) in [7, 11) is 0. The lowest BCUT2D eigenvalue weighted by molar-refractivity contribution is -0.185. The molecule has 192 valence electrons. The molecule has 2 aliphatic rings. The second-order valence-corrected chi connectivity index (χ2v) is 10.0. The number of hydrogen-bond donors (Lipinski definition) is 0. The van der Waals surface area contributed by atoms with Crippen LogP contribution < -0.4 is 9.47 Å². The molecule has 0 saturated heterocycles. The summed E-state index contributed by atoms with van der Waals surface area (Å²) in [5.74, 6) is 0.493. The van der Waals surface area contributed by atoms with E-state index in [0.717, 1.165) is 48.3 Å². The Balaban J connectivity index is 1.32. The molecular weight excluding hydrogens is 463 g/mol. The van der Waals surface area contributed by atoms with E-state index in [4.69, 9.17) is 4.74 Å². The molecule has 0 unspecified atom stereocenters. The van der Waals surface area contributed by atoms with Gasteiger partial charge >= 0.3 is 12.7 Å². The minimum Gasteiger partial charge on any atom is -0.432 e. The van der Waals surface area contributed by atoms with Gasteiger partial charge < -0.3 is 9.47 Å². The smallest absolute Gasteiger partial charge is 0.426 e. The summed E-state index contributed by atoms with van der Waals surface area (Å²) in [6, 6.07) is 8.55. The lowest BCUT2D eigenvalue weighted by Gasteiger charge is -2.38. The van der Waals surface area contributed by atoms with Crippen LogP contribution in [0.4, 0.5) is 22.0 Å². The largest absolute Gasteiger partial charge is 0.432 e. The zero-order chi connectivity index (χ0) is 25.0. The number of benzene rings is 2. The molecule has 2 aromatic rings. The highest BCUT2D eigenvalue weighted by molar-refractivity contribution is 5.34. The average Bonchev–Trinajstić information content (AvgIpc) is 2.85. The average molecular weight is 497 g/mol. The number of ether oxygens (including phenoxy) is 2. The summed E-state index contributed by atoms with van der Waals surface area (Å²) in [6.45, 7) is -0.929.